The third-order valence-corrected chi connectivity index (χ3v) is 5.30. The summed E-state index contributed by atoms with van der Waals surface area (Å²) in [6, 6.07) is 0.172. The fraction of sp³-hybridized carbons (Fsp3) is 0.529. The molecule has 2 aromatic heterocycles. The molecule has 0 spiro atoms. The van der Waals surface area contributed by atoms with Gasteiger partial charge in [-0.2, -0.15) is 0 Å². The van der Waals surface area contributed by atoms with Crippen molar-refractivity contribution in [2.45, 2.75) is 39.2 Å². The summed E-state index contributed by atoms with van der Waals surface area (Å²) >= 11 is 3.63. The van der Waals surface area contributed by atoms with Crippen molar-refractivity contribution < 1.29 is 4.79 Å². The number of H-pyrrole nitrogens is 1. The van der Waals surface area contributed by atoms with Gasteiger partial charge in [0.15, 0.2) is 0 Å². The topological polar surface area (TPSA) is 87.0 Å². The molecule has 24 heavy (non-hydrogen) atoms. The molecular formula is C17H24BrN5O. The fourth-order valence-corrected chi connectivity index (χ4v) is 3.67. The standard InChI is InChI=1S/C17H24BrN5O/c1-3-10(2)17(24)22-13-8-21-16-14(13)15(12(18)7-20-16)23-6-4-5-11(19)9-23/h7-8,10-11H,3-6,9,19H2,1-2H3,(H,20,21)(H,22,24). The average Bonchev–Trinajstić information content (AvgIpc) is 2.96. The van der Waals surface area contributed by atoms with Gasteiger partial charge in [-0.15, -0.1) is 0 Å². The number of fused-ring (bicyclic) bond motifs is 1. The van der Waals surface area contributed by atoms with Crippen LogP contribution in [0.15, 0.2) is 16.9 Å². The molecule has 3 rings (SSSR count). The fourth-order valence-electron chi connectivity index (χ4n) is 3.12. The number of rotatable bonds is 4. The normalized spacial score (nSPS) is 19.5. The lowest BCUT2D eigenvalue weighted by Gasteiger charge is -2.33. The van der Waals surface area contributed by atoms with E-state index in [0.717, 1.165) is 59.2 Å². The smallest absolute Gasteiger partial charge is 0.227 e. The van der Waals surface area contributed by atoms with E-state index in [1.54, 1.807) is 6.20 Å². The van der Waals surface area contributed by atoms with Gasteiger partial charge in [-0.05, 0) is 35.2 Å². The van der Waals surface area contributed by atoms with Crippen molar-refractivity contribution in [2.24, 2.45) is 11.7 Å². The predicted molar refractivity (Wildman–Crippen MR) is 101 cm³/mol. The number of hydrogen-bond donors (Lipinski definition) is 3. The first-order chi connectivity index (χ1) is 11.5. The van der Waals surface area contributed by atoms with E-state index in [1.165, 1.54) is 0 Å². The summed E-state index contributed by atoms with van der Waals surface area (Å²) < 4.78 is 0.919. The molecule has 0 radical (unpaired) electrons. The van der Waals surface area contributed by atoms with E-state index in [0.29, 0.717) is 0 Å². The van der Waals surface area contributed by atoms with Gasteiger partial charge in [0, 0.05) is 37.4 Å². The quantitative estimate of drug-likeness (QED) is 0.743. The molecule has 0 aromatic carbocycles. The molecule has 0 saturated carbocycles. The lowest BCUT2D eigenvalue weighted by Crippen LogP contribution is -2.43. The predicted octanol–water partition coefficient (Wildman–Crippen LogP) is 3.24. The Morgan fingerprint density at radius 3 is 3.12 bits per heavy atom. The second kappa shape index (κ2) is 7.11. The van der Waals surface area contributed by atoms with Crippen molar-refractivity contribution in [3.05, 3.63) is 16.9 Å². The molecule has 2 unspecified atom stereocenters. The highest BCUT2D eigenvalue weighted by atomic mass is 79.9. The first-order valence-electron chi connectivity index (χ1n) is 8.48. The first kappa shape index (κ1) is 17.2. The summed E-state index contributed by atoms with van der Waals surface area (Å²) in [7, 11) is 0. The number of piperidine rings is 1. The number of nitrogens with one attached hydrogen (secondary N) is 2. The molecule has 1 aliphatic rings. The number of nitrogens with zero attached hydrogens (tertiary/aromatic N) is 2. The minimum atomic E-state index is -0.0260. The zero-order chi connectivity index (χ0) is 17.3. The minimum Gasteiger partial charge on any atom is -0.368 e. The van der Waals surface area contributed by atoms with E-state index in [1.807, 2.05) is 20.0 Å². The largest absolute Gasteiger partial charge is 0.368 e. The number of aromatic nitrogens is 2. The number of pyridine rings is 1. The van der Waals surface area contributed by atoms with Gasteiger partial charge >= 0.3 is 0 Å². The SMILES string of the molecule is CCC(C)C(=O)Nc1c[nH]c2ncc(Br)c(N3CCCC(N)C3)c12. The molecule has 1 aliphatic heterocycles. The summed E-state index contributed by atoms with van der Waals surface area (Å²) in [6.45, 7) is 5.71. The first-order valence-corrected chi connectivity index (χ1v) is 9.27. The highest BCUT2D eigenvalue weighted by molar-refractivity contribution is 9.10. The van der Waals surface area contributed by atoms with Crippen molar-refractivity contribution in [2.75, 3.05) is 23.3 Å². The van der Waals surface area contributed by atoms with Gasteiger partial charge in [0.1, 0.15) is 5.65 Å². The zero-order valence-corrected chi connectivity index (χ0v) is 15.7. The molecule has 130 valence electrons. The third-order valence-electron chi connectivity index (χ3n) is 4.72. The Bertz CT molecular complexity index is 744. The minimum absolute atomic E-state index is 0.0260. The van der Waals surface area contributed by atoms with Gasteiger partial charge in [-0.25, -0.2) is 4.98 Å². The van der Waals surface area contributed by atoms with Gasteiger partial charge in [-0.1, -0.05) is 13.8 Å². The molecule has 1 amide bonds. The Labute approximate surface area is 150 Å². The van der Waals surface area contributed by atoms with E-state index in [4.69, 9.17) is 5.73 Å². The van der Waals surface area contributed by atoms with E-state index < -0.39 is 0 Å². The molecule has 1 fully saturated rings. The van der Waals surface area contributed by atoms with Crippen LogP contribution in [-0.2, 0) is 4.79 Å². The van der Waals surface area contributed by atoms with Gasteiger partial charge < -0.3 is 20.9 Å². The van der Waals surface area contributed by atoms with Crippen LogP contribution in [0.2, 0.25) is 0 Å². The third kappa shape index (κ3) is 3.28. The lowest BCUT2D eigenvalue weighted by molar-refractivity contribution is -0.119. The molecule has 4 N–H and O–H groups in total. The second-order valence-electron chi connectivity index (χ2n) is 6.53. The van der Waals surface area contributed by atoms with Gasteiger partial charge in [-0.3, -0.25) is 4.79 Å². The maximum atomic E-state index is 12.3. The van der Waals surface area contributed by atoms with Gasteiger partial charge in [0.25, 0.3) is 0 Å². The zero-order valence-electron chi connectivity index (χ0n) is 14.1. The van der Waals surface area contributed by atoms with Crippen molar-refractivity contribution in [3.63, 3.8) is 0 Å². The number of amides is 1. The maximum absolute atomic E-state index is 12.3. The summed E-state index contributed by atoms with van der Waals surface area (Å²) in [5, 5.41) is 3.98. The van der Waals surface area contributed by atoms with Crippen LogP contribution in [0.3, 0.4) is 0 Å². The van der Waals surface area contributed by atoms with Crippen LogP contribution < -0.4 is 16.0 Å². The highest BCUT2D eigenvalue weighted by Crippen LogP contribution is 2.38. The Balaban J connectivity index is 2.02. The van der Waals surface area contributed by atoms with Gasteiger partial charge in [0.05, 0.1) is 21.2 Å². The number of anilines is 2. The number of hydrogen-bond acceptors (Lipinski definition) is 4. The number of nitrogens with two attached hydrogens (primary N) is 1. The highest BCUT2D eigenvalue weighted by Gasteiger charge is 2.24. The van der Waals surface area contributed by atoms with Crippen LogP contribution in [0.5, 0.6) is 0 Å². The van der Waals surface area contributed by atoms with Crippen LogP contribution in [0, 0.1) is 5.92 Å². The Morgan fingerprint density at radius 2 is 2.42 bits per heavy atom. The van der Waals surface area contributed by atoms with E-state index in [2.05, 4.69) is 36.1 Å². The number of aromatic amines is 1. The lowest BCUT2D eigenvalue weighted by atomic mass is 10.0. The van der Waals surface area contributed by atoms with E-state index in [9.17, 15) is 4.79 Å². The molecular weight excluding hydrogens is 370 g/mol. The summed E-state index contributed by atoms with van der Waals surface area (Å²) in [4.78, 5) is 22.2. The maximum Gasteiger partial charge on any atom is 0.227 e. The molecule has 0 bridgehead atoms. The van der Waals surface area contributed by atoms with Crippen LogP contribution in [-0.4, -0.2) is 35.0 Å². The summed E-state index contributed by atoms with van der Waals surface area (Å²) in [5.74, 6) is 0.00147. The molecule has 2 aromatic rings. The van der Waals surface area contributed by atoms with Crippen LogP contribution in [0.1, 0.15) is 33.1 Å². The summed E-state index contributed by atoms with van der Waals surface area (Å²) in [6.07, 6.45) is 6.54. The number of halogens is 1. The van der Waals surface area contributed by atoms with Crippen molar-refractivity contribution in [1.82, 2.24) is 9.97 Å². The number of carbonyl (C=O) groups excluding carboxylic acids is 1. The second-order valence-corrected chi connectivity index (χ2v) is 7.38. The van der Waals surface area contributed by atoms with Crippen molar-refractivity contribution >= 4 is 44.2 Å². The Morgan fingerprint density at radius 1 is 1.62 bits per heavy atom. The van der Waals surface area contributed by atoms with Crippen LogP contribution >= 0.6 is 15.9 Å². The molecule has 3 heterocycles. The van der Waals surface area contributed by atoms with E-state index >= 15 is 0 Å². The molecule has 7 heteroatoms. The van der Waals surface area contributed by atoms with Crippen LogP contribution in [0.25, 0.3) is 11.0 Å². The Kier molecular flexibility index (Phi) is 5.10. The average molecular weight is 394 g/mol. The van der Waals surface area contributed by atoms with Crippen molar-refractivity contribution in [1.29, 1.82) is 0 Å². The van der Waals surface area contributed by atoms with E-state index in [-0.39, 0.29) is 17.9 Å². The summed E-state index contributed by atoms with van der Waals surface area (Å²) in [5.41, 5.74) is 8.76. The number of carbonyl (C=O) groups is 1. The molecule has 1 saturated heterocycles. The van der Waals surface area contributed by atoms with Crippen molar-refractivity contribution in [3.8, 4) is 0 Å². The monoisotopic (exact) mass is 393 g/mol. The van der Waals surface area contributed by atoms with Gasteiger partial charge in [0.2, 0.25) is 5.91 Å². The molecule has 2 atom stereocenters. The Hall–Kier alpha value is -1.60. The molecule has 0 aliphatic carbocycles. The van der Waals surface area contributed by atoms with Crippen LogP contribution in [0.4, 0.5) is 11.4 Å². The molecule has 6 nitrogen and oxygen atoms in total.